The summed E-state index contributed by atoms with van der Waals surface area (Å²) in [5.41, 5.74) is 0.949. The SMILES string of the molecule is COC(c1nc(C(=O)O)sc1-c1ccc(S(=O)(=O)NC(C)(C)C)c(C(C)(C)C)c1)C1CCCCC1. The Balaban J connectivity index is 2.18. The number of ether oxygens (including phenoxy) is 1. The number of rotatable bonds is 7. The zero-order valence-corrected chi connectivity index (χ0v) is 23.4. The molecular formula is C26H38N2O5S2. The maximum absolute atomic E-state index is 13.3. The molecule has 1 aromatic carbocycles. The number of benzene rings is 1. The maximum Gasteiger partial charge on any atom is 0.365 e. The molecule has 1 heterocycles. The number of carbonyl (C=O) groups is 1. The van der Waals surface area contributed by atoms with E-state index in [1.54, 1.807) is 19.2 Å². The normalized spacial score (nSPS) is 16.9. The molecule has 1 fully saturated rings. The minimum atomic E-state index is -3.77. The number of thiazole rings is 1. The van der Waals surface area contributed by atoms with Crippen LogP contribution in [0.1, 0.15) is 101 Å². The van der Waals surface area contributed by atoms with E-state index in [4.69, 9.17) is 4.74 Å². The van der Waals surface area contributed by atoms with Crippen molar-refractivity contribution >= 4 is 27.3 Å². The fourth-order valence-electron chi connectivity index (χ4n) is 4.74. The van der Waals surface area contributed by atoms with Crippen LogP contribution in [0.2, 0.25) is 0 Å². The molecule has 0 spiro atoms. The van der Waals surface area contributed by atoms with Gasteiger partial charge >= 0.3 is 5.97 Å². The number of aromatic carboxylic acids is 1. The molecule has 0 amide bonds. The Kier molecular flexibility index (Phi) is 8.16. The Morgan fingerprint density at radius 2 is 1.77 bits per heavy atom. The van der Waals surface area contributed by atoms with Gasteiger partial charge < -0.3 is 9.84 Å². The Morgan fingerprint density at radius 1 is 1.14 bits per heavy atom. The van der Waals surface area contributed by atoms with E-state index in [1.807, 2.05) is 47.6 Å². The van der Waals surface area contributed by atoms with E-state index in [2.05, 4.69) is 9.71 Å². The number of carboxylic acids is 1. The highest BCUT2D eigenvalue weighted by atomic mass is 32.2. The number of nitrogens with one attached hydrogen (secondary N) is 1. The molecule has 1 atom stereocenters. The molecule has 3 rings (SSSR count). The second kappa shape index (κ2) is 10.3. The van der Waals surface area contributed by atoms with Gasteiger partial charge in [-0.25, -0.2) is 22.9 Å². The van der Waals surface area contributed by atoms with Crippen molar-refractivity contribution in [3.8, 4) is 10.4 Å². The number of aromatic nitrogens is 1. The topological polar surface area (TPSA) is 106 Å². The molecule has 35 heavy (non-hydrogen) atoms. The summed E-state index contributed by atoms with van der Waals surface area (Å²) in [6.07, 6.45) is 5.17. The Labute approximate surface area is 213 Å². The molecule has 1 aromatic heterocycles. The average molecular weight is 523 g/mol. The standard InChI is InChI=1S/C26H38N2O5S2/c1-25(2,3)18-15-17(13-14-19(18)35(31,32)28-26(4,5)6)22-20(27-23(34-22)24(29)30)21(33-7)16-11-9-8-10-12-16/h13-16,21,28H,8-12H2,1-7H3,(H,29,30). The lowest BCUT2D eigenvalue weighted by atomic mass is 9.83. The monoisotopic (exact) mass is 522 g/mol. The first-order valence-corrected chi connectivity index (χ1v) is 14.4. The second-order valence-electron chi connectivity index (χ2n) is 11.4. The lowest BCUT2D eigenvalue weighted by Gasteiger charge is -2.29. The summed E-state index contributed by atoms with van der Waals surface area (Å²) >= 11 is 1.12. The predicted octanol–water partition coefficient (Wildman–Crippen LogP) is 6.15. The van der Waals surface area contributed by atoms with Crippen LogP contribution >= 0.6 is 11.3 Å². The Morgan fingerprint density at radius 3 is 2.29 bits per heavy atom. The third-order valence-corrected chi connectivity index (χ3v) is 9.14. The predicted molar refractivity (Wildman–Crippen MR) is 140 cm³/mol. The summed E-state index contributed by atoms with van der Waals surface area (Å²) in [4.78, 5) is 17.3. The molecule has 7 nitrogen and oxygen atoms in total. The van der Waals surface area contributed by atoms with Gasteiger partial charge in [-0.05, 0) is 68.2 Å². The number of nitrogens with zero attached hydrogens (tertiary/aromatic N) is 1. The molecule has 1 aliphatic rings. The number of methoxy groups -OCH3 is 1. The van der Waals surface area contributed by atoms with Gasteiger partial charge in [0, 0.05) is 12.6 Å². The molecular weight excluding hydrogens is 484 g/mol. The van der Waals surface area contributed by atoms with Crippen LogP contribution in [-0.2, 0) is 20.2 Å². The lowest BCUT2D eigenvalue weighted by molar-refractivity contribution is 0.0329. The minimum absolute atomic E-state index is 0.0104. The van der Waals surface area contributed by atoms with Crippen LogP contribution in [0.3, 0.4) is 0 Å². The molecule has 2 aromatic rings. The molecule has 1 unspecified atom stereocenters. The van der Waals surface area contributed by atoms with E-state index < -0.39 is 26.9 Å². The molecule has 1 aliphatic carbocycles. The zero-order chi connectivity index (χ0) is 26.2. The molecule has 0 bridgehead atoms. The number of hydrogen-bond acceptors (Lipinski definition) is 6. The van der Waals surface area contributed by atoms with Crippen LogP contribution < -0.4 is 4.72 Å². The maximum atomic E-state index is 13.3. The van der Waals surface area contributed by atoms with E-state index >= 15 is 0 Å². The highest BCUT2D eigenvalue weighted by Gasteiger charge is 2.33. The van der Waals surface area contributed by atoms with Gasteiger partial charge in [-0.15, -0.1) is 11.3 Å². The van der Waals surface area contributed by atoms with Crippen molar-refractivity contribution in [2.45, 2.75) is 95.6 Å². The number of hydrogen-bond donors (Lipinski definition) is 2. The van der Waals surface area contributed by atoms with E-state index in [9.17, 15) is 18.3 Å². The lowest BCUT2D eigenvalue weighted by Crippen LogP contribution is -2.41. The fourth-order valence-corrected chi connectivity index (χ4v) is 7.49. The van der Waals surface area contributed by atoms with Gasteiger partial charge in [0.1, 0.15) is 6.10 Å². The number of sulfonamides is 1. The van der Waals surface area contributed by atoms with Gasteiger partial charge in [-0.1, -0.05) is 46.1 Å². The van der Waals surface area contributed by atoms with Crippen molar-refractivity contribution in [3.05, 3.63) is 34.5 Å². The third kappa shape index (κ3) is 6.50. The van der Waals surface area contributed by atoms with Crippen molar-refractivity contribution in [1.29, 1.82) is 0 Å². The van der Waals surface area contributed by atoms with E-state index in [0.717, 1.165) is 47.5 Å². The number of carboxylic acid groups (broad SMARTS) is 1. The first-order valence-electron chi connectivity index (χ1n) is 12.1. The molecule has 9 heteroatoms. The fraction of sp³-hybridized carbons (Fsp3) is 0.615. The largest absolute Gasteiger partial charge is 0.476 e. The molecule has 194 valence electrons. The van der Waals surface area contributed by atoms with Gasteiger partial charge in [-0.2, -0.15) is 0 Å². The minimum Gasteiger partial charge on any atom is -0.476 e. The van der Waals surface area contributed by atoms with Crippen LogP contribution in [0.25, 0.3) is 10.4 Å². The van der Waals surface area contributed by atoms with Gasteiger partial charge in [0.15, 0.2) is 0 Å². The van der Waals surface area contributed by atoms with Gasteiger partial charge in [0.25, 0.3) is 0 Å². The highest BCUT2D eigenvalue weighted by Crippen LogP contribution is 2.43. The van der Waals surface area contributed by atoms with E-state index in [-0.39, 0.29) is 21.9 Å². The highest BCUT2D eigenvalue weighted by molar-refractivity contribution is 7.89. The third-order valence-electron chi connectivity index (χ3n) is 6.22. The van der Waals surface area contributed by atoms with Crippen LogP contribution in [0.5, 0.6) is 0 Å². The van der Waals surface area contributed by atoms with Crippen LogP contribution in [0.4, 0.5) is 0 Å². The van der Waals surface area contributed by atoms with Crippen molar-refractivity contribution in [2.75, 3.05) is 7.11 Å². The summed E-state index contributed by atoms with van der Waals surface area (Å²) in [7, 11) is -2.12. The van der Waals surface area contributed by atoms with Crippen molar-refractivity contribution in [3.63, 3.8) is 0 Å². The summed E-state index contributed by atoms with van der Waals surface area (Å²) in [5.74, 6) is -0.806. The van der Waals surface area contributed by atoms with Crippen molar-refractivity contribution < 1.29 is 23.1 Å². The summed E-state index contributed by atoms with van der Waals surface area (Å²) in [6.45, 7) is 11.3. The Hall–Kier alpha value is -1.81. The quantitative estimate of drug-likeness (QED) is 0.452. The van der Waals surface area contributed by atoms with Gasteiger partial charge in [-0.3, -0.25) is 0 Å². The average Bonchev–Trinajstić information content (AvgIpc) is 3.18. The van der Waals surface area contributed by atoms with Crippen LogP contribution in [-0.4, -0.2) is 37.1 Å². The summed E-state index contributed by atoms with van der Waals surface area (Å²) < 4.78 is 35.2. The van der Waals surface area contributed by atoms with Crippen LogP contribution in [0.15, 0.2) is 23.1 Å². The smallest absolute Gasteiger partial charge is 0.365 e. The van der Waals surface area contributed by atoms with Crippen LogP contribution in [0, 0.1) is 5.92 Å². The van der Waals surface area contributed by atoms with E-state index in [0.29, 0.717) is 11.3 Å². The molecule has 0 saturated heterocycles. The van der Waals surface area contributed by atoms with Gasteiger partial charge in [0.2, 0.25) is 15.0 Å². The first-order chi connectivity index (χ1) is 16.1. The summed E-state index contributed by atoms with van der Waals surface area (Å²) in [6, 6.07) is 5.24. The van der Waals surface area contributed by atoms with Crippen molar-refractivity contribution in [1.82, 2.24) is 9.71 Å². The Bertz CT molecular complexity index is 1170. The van der Waals surface area contributed by atoms with E-state index in [1.165, 1.54) is 6.42 Å². The molecule has 2 N–H and O–H groups in total. The molecule has 0 radical (unpaired) electrons. The molecule has 1 saturated carbocycles. The molecule has 0 aliphatic heterocycles. The zero-order valence-electron chi connectivity index (χ0n) is 21.8. The van der Waals surface area contributed by atoms with Gasteiger partial charge in [0.05, 0.1) is 15.5 Å². The first kappa shape index (κ1) is 27.8. The van der Waals surface area contributed by atoms with Crippen molar-refractivity contribution in [2.24, 2.45) is 5.92 Å². The second-order valence-corrected chi connectivity index (χ2v) is 14.1. The summed E-state index contributed by atoms with van der Waals surface area (Å²) in [5, 5.41) is 9.71.